The molecule has 0 bridgehead atoms. The van der Waals surface area contributed by atoms with Crippen LogP contribution in [0.4, 0.5) is 5.69 Å². The molecule has 4 rings (SSSR count). The molecule has 3 aromatic rings. The number of hydrogen-bond donors (Lipinski definition) is 2. The number of thioether (sulfide) groups is 1. The first-order valence-corrected chi connectivity index (χ1v) is 12.4. The summed E-state index contributed by atoms with van der Waals surface area (Å²) < 4.78 is 35.9. The highest BCUT2D eigenvalue weighted by Crippen LogP contribution is 2.35. The van der Waals surface area contributed by atoms with E-state index in [-0.39, 0.29) is 16.6 Å². The van der Waals surface area contributed by atoms with E-state index >= 15 is 0 Å². The molecule has 168 valence electrons. The van der Waals surface area contributed by atoms with Crippen LogP contribution in [0.2, 0.25) is 0 Å². The number of ether oxygens (including phenoxy) is 2. The van der Waals surface area contributed by atoms with E-state index in [1.807, 2.05) is 29.7 Å². The number of carbonyl (C=O) groups is 1. The third kappa shape index (κ3) is 4.90. The average molecular weight is 475 g/mol. The van der Waals surface area contributed by atoms with E-state index in [1.54, 1.807) is 6.20 Å². The van der Waals surface area contributed by atoms with Crippen molar-refractivity contribution < 1.29 is 22.7 Å². The number of rotatable bonds is 7. The summed E-state index contributed by atoms with van der Waals surface area (Å²) in [5.74, 6) is 1.35. The molecule has 1 aromatic heterocycles. The fourth-order valence-corrected chi connectivity index (χ4v) is 4.63. The van der Waals surface area contributed by atoms with E-state index in [4.69, 9.17) is 14.6 Å². The van der Waals surface area contributed by atoms with Crippen molar-refractivity contribution in [2.45, 2.75) is 23.5 Å². The number of nitrogens with two attached hydrogens (primary N) is 1. The molecule has 0 spiro atoms. The van der Waals surface area contributed by atoms with E-state index in [9.17, 15) is 13.2 Å². The van der Waals surface area contributed by atoms with Gasteiger partial charge in [0.05, 0.1) is 22.5 Å². The fourth-order valence-electron chi connectivity index (χ4n) is 3.27. The first-order chi connectivity index (χ1) is 15.3. The molecule has 0 aliphatic carbocycles. The van der Waals surface area contributed by atoms with Crippen molar-refractivity contribution in [2.24, 2.45) is 5.14 Å². The molecule has 2 aromatic carbocycles. The smallest absolute Gasteiger partial charge is 0.238 e. The number of fused-ring (bicyclic) bond motifs is 1. The van der Waals surface area contributed by atoms with Gasteiger partial charge in [0.1, 0.15) is 13.2 Å². The number of anilines is 1. The Bertz CT molecular complexity index is 1240. The zero-order valence-electron chi connectivity index (χ0n) is 17.3. The SMILES string of the molecule is CCn1c(-c2ccc3c(c2)OCCO3)cnc1SCC(=O)Nc1ccc(S(N)(=O)=O)cc1. The van der Waals surface area contributed by atoms with E-state index in [0.29, 0.717) is 31.2 Å². The van der Waals surface area contributed by atoms with Crippen LogP contribution in [0.1, 0.15) is 6.92 Å². The maximum Gasteiger partial charge on any atom is 0.238 e. The van der Waals surface area contributed by atoms with Crippen LogP contribution in [0.3, 0.4) is 0 Å². The predicted octanol–water partition coefficient (Wildman–Crippen LogP) is 2.72. The molecule has 0 unspecified atom stereocenters. The predicted molar refractivity (Wildman–Crippen MR) is 121 cm³/mol. The summed E-state index contributed by atoms with van der Waals surface area (Å²) in [6, 6.07) is 11.5. The van der Waals surface area contributed by atoms with Crippen LogP contribution in [0.25, 0.3) is 11.3 Å². The standard InChI is InChI=1S/C21H22N4O5S2/c1-2-25-17(14-3-8-18-19(11-14)30-10-9-29-18)12-23-21(25)31-13-20(26)24-15-4-6-16(7-5-15)32(22,27)28/h3-8,11-12H,2,9-10,13H2,1H3,(H,24,26)(H2,22,27,28). The van der Waals surface area contributed by atoms with Crippen LogP contribution in [-0.4, -0.2) is 42.8 Å². The van der Waals surface area contributed by atoms with Gasteiger partial charge in [-0.05, 0) is 49.4 Å². The third-order valence-corrected chi connectivity index (χ3v) is 6.69. The van der Waals surface area contributed by atoms with E-state index in [0.717, 1.165) is 22.2 Å². The van der Waals surface area contributed by atoms with Crippen LogP contribution in [0, 0.1) is 0 Å². The highest BCUT2D eigenvalue weighted by Gasteiger charge is 2.17. The largest absolute Gasteiger partial charge is 0.486 e. The Balaban J connectivity index is 1.43. The van der Waals surface area contributed by atoms with Crippen molar-refractivity contribution in [1.82, 2.24) is 9.55 Å². The highest BCUT2D eigenvalue weighted by atomic mass is 32.2. The fraction of sp³-hybridized carbons (Fsp3) is 0.238. The number of benzene rings is 2. The maximum absolute atomic E-state index is 12.4. The number of primary sulfonamides is 1. The van der Waals surface area contributed by atoms with Gasteiger partial charge in [-0.3, -0.25) is 4.79 Å². The van der Waals surface area contributed by atoms with Crippen molar-refractivity contribution in [1.29, 1.82) is 0 Å². The van der Waals surface area contributed by atoms with Gasteiger partial charge in [-0.15, -0.1) is 0 Å². The summed E-state index contributed by atoms with van der Waals surface area (Å²) in [4.78, 5) is 16.8. The lowest BCUT2D eigenvalue weighted by atomic mass is 10.1. The molecule has 0 radical (unpaired) electrons. The van der Waals surface area contributed by atoms with Crippen molar-refractivity contribution in [3.63, 3.8) is 0 Å². The lowest BCUT2D eigenvalue weighted by molar-refractivity contribution is -0.113. The number of nitrogens with zero attached hydrogens (tertiary/aromatic N) is 2. The Morgan fingerprint density at radius 3 is 2.56 bits per heavy atom. The second kappa shape index (κ2) is 9.23. The topological polar surface area (TPSA) is 126 Å². The van der Waals surface area contributed by atoms with Crippen LogP contribution in [0.15, 0.2) is 58.7 Å². The number of imidazole rings is 1. The average Bonchev–Trinajstić information content (AvgIpc) is 3.20. The molecular weight excluding hydrogens is 452 g/mol. The molecule has 0 atom stereocenters. The molecule has 2 heterocycles. The summed E-state index contributed by atoms with van der Waals surface area (Å²) >= 11 is 1.32. The van der Waals surface area contributed by atoms with Gasteiger partial charge in [-0.2, -0.15) is 0 Å². The Kier molecular flexibility index (Phi) is 6.40. The van der Waals surface area contributed by atoms with Crippen LogP contribution < -0.4 is 19.9 Å². The van der Waals surface area contributed by atoms with E-state index < -0.39 is 10.0 Å². The minimum Gasteiger partial charge on any atom is -0.486 e. The second-order valence-corrected chi connectivity index (χ2v) is 9.44. The molecule has 1 aliphatic rings. The van der Waals surface area contributed by atoms with Crippen molar-refractivity contribution >= 4 is 33.4 Å². The number of aromatic nitrogens is 2. The highest BCUT2D eigenvalue weighted by molar-refractivity contribution is 7.99. The molecule has 9 nitrogen and oxygen atoms in total. The minimum atomic E-state index is -3.77. The van der Waals surface area contributed by atoms with E-state index in [2.05, 4.69) is 10.3 Å². The van der Waals surface area contributed by atoms with Gasteiger partial charge in [-0.25, -0.2) is 18.5 Å². The molecule has 11 heteroatoms. The first kappa shape index (κ1) is 22.2. The number of sulfonamides is 1. The molecule has 1 aliphatic heterocycles. The van der Waals surface area contributed by atoms with Crippen molar-refractivity contribution in [3.05, 3.63) is 48.7 Å². The van der Waals surface area contributed by atoms with Crippen LogP contribution in [0.5, 0.6) is 11.5 Å². The van der Waals surface area contributed by atoms with Crippen molar-refractivity contribution in [2.75, 3.05) is 24.3 Å². The lowest BCUT2D eigenvalue weighted by Gasteiger charge is -2.19. The van der Waals surface area contributed by atoms with Crippen LogP contribution in [-0.2, 0) is 21.4 Å². The summed E-state index contributed by atoms with van der Waals surface area (Å²) in [7, 11) is -3.77. The Morgan fingerprint density at radius 1 is 1.16 bits per heavy atom. The van der Waals surface area contributed by atoms with Gasteiger partial charge in [0.25, 0.3) is 0 Å². The maximum atomic E-state index is 12.4. The van der Waals surface area contributed by atoms with Gasteiger partial charge in [0, 0.05) is 17.8 Å². The van der Waals surface area contributed by atoms with Gasteiger partial charge in [-0.1, -0.05) is 11.8 Å². The minimum absolute atomic E-state index is 0.0125. The normalized spacial score (nSPS) is 13.1. The van der Waals surface area contributed by atoms with Gasteiger partial charge >= 0.3 is 0 Å². The second-order valence-electron chi connectivity index (χ2n) is 6.93. The molecule has 3 N–H and O–H groups in total. The Hall–Kier alpha value is -3.02. The van der Waals surface area contributed by atoms with Crippen LogP contribution >= 0.6 is 11.8 Å². The number of carbonyl (C=O) groups excluding carboxylic acids is 1. The molecule has 0 fully saturated rings. The quantitative estimate of drug-likeness (QED) is 0.504. The summed E-state index contributed by atoms with van der Waals surface area (Å²) in [6.45, 7) is 3.76. The zero-order valence-corrected chi connectivity index (χ0v) is 18.9. The van der Waals surface area contributed by atoms with Gasteiger partial charge in [0.15, 0.2) is 16.7 Å². The first-order valence-electron chi connectivity index (χ1n) is 9.86. The summed E-state index contributed by atoms with van der Waals surface area (Å²) in [6.07, 6.45) is 1.78. The molecule has 1 amide bonds. The van der Waals surface area contributed by atoms with Gasteiger partial charge < -0.3 is 19.4 Å². The number of nitrogens with one attached hydrogen (secondary N) is 1. The number of hydrogen-bond acceptors (Lipinski definition) is 7. The molecule has 32 heavy (non-hydrogen) atoms. The monoisotopic (exact) mass is 474 g/mol. The Labute approximate surface area is 190 Å². The zero-order chi connectivity index (χ0) is 22.7. The third-order valence-electron chi connectivity index (χ3n) is 4.77. The molecule has 0 saturated carbocycles. The summed E-state index contributed by atoms with van der Waals surface area (Å²) in [5, 5.41) is 8.54. The van der Waals surface area contributed by atoms with Gasteiger partial charge in [0.2, 0.25) is 15.9 Å². The molecular formula is C21H22N4O5S2. The number of amides is 1. The van der Waals surface area contributed by atoms with E-state index in [1.165, 1.54) is 36.0 Å². The summed E-state index contributed by atoms with van der Waals surface area (Å²) in [5.41, 5.74) is 2.36. The Morgan fingerprint density at radius 2 is 1.88 bits per heavy atom. The lowest BCUT2D eigenvalue weighted by Crippen LogP contribution is -2.15. The molecule has 0 saturated heterocycles. The van der Waals surface area contributed by atoms with Crippen molar-refractivity contribution in [3.8, 4) is 22.8 Å².